The maximum absolute atomic E-state index is 12.2. The first-order valence-corrected chi connectivity index (χ1v) is 13.6. The summed E-state index contributed by atoms with van der Waals surface area (Å²) in [5, 5.41) is 0. The minimum atomic E-state index is -0.361. The molecular formula is C21H38O4S2+2. The summed E-state index contributed by atoms with van der Waals surface area (Å²) in [5.74, 6) is 5.28. The molecule has 2 heterocycles. The van der Waals surface area contributed by atoms with Crippen LogP contribution in [0.4, 0.5) is 0 Å². The highest BCUT2D eigenvalue weighted by Gasteiger charge is 2.36. The predicted molar refractivity (Wildman–Crippen MR) is 116 cm³/mol. The molecule has 0 N–H and O–H groups in total. The molecule has 0 spiro atoms. The second kappa shape index (κ2) is 9.91. The molecule has 2 saturated heterocycles. The van der Waals surface area contributed by atoms with E-state index in [0.29, 0.717) is 22.3 Å². The van der Waals surface area contributed by atoms with Crippen molar-refractivity contribution in [1.29, 1.82) is 0 Å². The molecule has 1 unspecified atom stereocenters. The van der Waals surface area contributed by atoms with Crippen molar-refractivity contribution >= 4 is 33.7 Å². The van der Waals surface area contributed by atoms with Crippen molar-refractivity contribution in [2.24, 2.45) is 10.8 Å². The third-order valence-corrected chi connectivity index (χ3v) is 10.1. The van der Waals surface area contributed by atoms with Gasteiger partial charge in [0.2, 0.25) is 11.5 Å². The number of carbonyl (C=O) groups excluding carboxylic acids is 2. The Morgan fingerprint density at radius 3 is 1.67 bits per heavy atom. The zero-order valence-electron chi connectivity index (χ0n) is 17.8. The topological polar surface area (TPSA) is 52.6 Å². The number of hydrogen-bond acceptors (Lipinski definition) is 4. The zero-order chi connectivity index (χ0) is 20.1. The van der Waals surface area contributed by atoms with Gasteiger partial charge in [-0.05, 0) is 65.2 Å². The second-order valence-corrected chi connectivity index (χ2v) is 14.3. The average Bonchev–Trinajstić information content (AvgIpc) is 2.57. The molecule has 156 valence electrons. The quantitative estimate of drug-likeness (QED) is 0.470. The Labute approximate surface area is 171 Å². The van der Waals surface area contributed by atoms with Crippen LogP contribution in [0.3, 0.4) is 0 Å². The number of hydrogen-bond donors (Lipinski definition) is 0. The fraction of sp³-hybridized carbons (Fsp3) is 0.905. The van der Waals surface area contributed by atoms with Crippen molar-refractivity contribution in [3.63, 3.8) is 0 Å². The molecule has 4 nitrogen and oxygen atoms in total. The van der Waals surface area contributed by atoms with Crippen LogP contribution in [-0.4, -0.2) is 59.2 Å². The van der Waals surface area contributed by atoms with Crippen LogP contribution in [-0.2, 0) is 40.9 Å². The fourth-order valence-corrected chi connectivity index (χ4v) is 8.47. The van der Waals surface area contributed by atoms with E-state index in [-0.39, 0.29) is 46.4 Å². The van der Waals surface area contributed by atoms with Crippen LogP contribution in [0, 0.1) is 10.8 Å². The van der Waals surface area contributed by atoms with E-state index in [0.717, 1.165) is 23.0 Å². The minimum Gasteiger partial charge on any atom is -0.458 e. The smallest absolute Gasteiger partial charge is 0.356 e. The highest BCUT2D eigenvalue weighted by molar-refractivity contribution is 7.97. The van der Waals surface area contributed by atoms with Gasteiger partial charge in [-0.25, -0.2) is 9.59 Å². The summed E-state index contributed by atoms with van der Waals surface area (Å²) in [6.45, 7) is 11.2. The molecule has 2 aliphatic rings. The van der Waals surface area contributed by atoms with Gasteiger partial charge < -0.3 is 9.47 Å². The lowest BCUT2D eigenvalue weighted by Crippen LogP contribution is -2.35. The number of esters is 2. The van der Waals surface area contributed by atoms with Gasteiger partial charge in [-0.15, -0.1) is 0 Å². The third kappa shape index (κ3) is 8.68. The third-order valence-electron chi connectivity index (χ3n) is 5.73. The highest BCUT2D eigenvalue weighted by atomic mass is 32.2. The van der Waals surface area contributed by atoms with Gasteiger partial charge in [0, 0.05) is 0 Å². The Balaban J connectivity index is 1.59. The molecule has 6 heteroatoms. The van der Waals surface area contributed by atoms with Gasteiger partial charge in [-0.3, -0.25) is 0 Å². The normalized spacial score (nSPS) is 24.2. The number of ether oxygens (including phenoxy) is 2. The molecular weight excluding hydrogens is 380 g/mol. The minimum absolute atomic E-state index is 0.141. The monoisotopic (exact) mass is 418 g/mol. The van der Waals surface area contributed by atoms with Crippen molar-refractivity contribution in [3.05, 3.63) is 0 Å². The largest absolute Gasteiger partial charge is 0.458 e. The molecule has 2 rings (SSSR count). The standard InChI is InChI=1S/C21H38O4S2/c1-17(25-19(23)16-27-12-8-21(4,5)9-13-27)14-24-18(22)15-26-10-6-20(2,3)7-11-26/h17H,6-16H2,1-5H3/q+2. The first-order chi connectivity index (χ1) is 12.5. The lowest BCUT2D eigenvalue weighted by molar-refractivity contribution is -0.154. The van der Waals surface area contributed by atoms with E-state index in [1.807, 2.05) is 6.92 Å². The highest BCUT2D eigenvalue weighted by Crippen LogP contribution is 2.32. The molecule has 0 aromatic heterocycles. The number of carbonyl (C=O) groups is 2. The van der Waals surface area contributed by atoms with Crippen LogP contribution >= 0.6 is 0 Å². The average molecular weight is 419 g/mol. The van der Waals surface area contributed by atoms with Gasteiger partial charge in [0.1, 0.15) is 35.7 Å². The summed E-state index contributed by atoms with van der Waals surface area (Å²) in [5.41, 5.74) is 0.842. The van der Waals surface area contributed by atoms with Gasteiger partial charge in [-0.2, -0.15) is 0 Å². The van der Waals surface area contributed by atoms with Crippen LogP contribution in [0.15, 0.2) is 0 Å². The molecule has 0 saturated carbocycles. The van der Waals surface area contributed by atoms with Crippen LogP contribution < -0.4 is 0 Å². The van der Waals surface area contributed by atoms with Gasteiger partial charge in [0.15, 0.2) is 0 Å². The molecule has 27 heavy (non-hydrogen) atoms. The van der Waals surface area contributed by atoms with Crippen molar-refractivity contribution in [2.45, 2.75) is 66.4 Å². The summed E-state index contributed by atoms with van der Waals surface area (Å²) in [7, 11) is 0.317. The Kier molecular flexibility index (Phi) is 8.41. The lowest BCUT2D eigenvalue weighted by atomic mass is 9.87. The van der Waals surface area contributed by atoms with E-state index in [2.05, 4.69) is 27.7 Å². The maximum Gasteiger partial charge on any atom is 0.356 e. The Bertz CT molecular complexity index is 498. The number of rotatable bonds is 7. The molecule has 2 aliphatic heterocycles. The zero-order valence-corrected chi connectivity index (χ0v) is 19.4. The van der Waals surface area contributed by atoms with E-state index in [1.54, 1.807) is 0 Å². The molecule has 0 aromatic rings. The summed E-state index contributed by atoms with van der Waals surface area (Å²) >= 11 is 0. The summed E-state index contributed by atoms with van der Waals surface area (Å²) in [6.07, 6.45) is 4.40. The van der Waals surface area contributed by atoms with E-state index < -0.39 is 0 Å². The van der Waals surface area contributed by atoms with Crippen LogP contribution in [0.25, 0.3) is 0 Å². The van der Waals surface area contributed by atoms with E-state index >= 15 is 0 Å². The molecule has 0 bridgehead atoms. The van der Waals surface area contributed by atoms with Crippen LogP contribution in [0.5, 0.6) is 0 Å². The van der Waals surface area contributed by atoms with Crippen LogP contribution in [0.2, 0.25) is 0 Å². The molecule has 1 atom stereocenters. The predicted octanol–water partition coefficient (Wildman–Crippen LogP) is 3.34. The SMILES string of the molecule is CC(COC(=O)C[S+]1CCC(C)(C)CC1)OC(=O)C[S+]1CCC(C)(C)CC1. The fourth-order valence-electron chi connectivity index (χ4n) is 3.30. The Hall–Kier alpha value is -0.360. The molecule has 2 fully saturated rings. The van der Waals surface area contributed by atoms with Crippen molar-refractivity contribution in [1.82, 2.24) is 0 Å². The molecule has 0 amide bonds. The van der Waals surface area contributed by atoms with Crippen molar-refractivity contribution in [2.75, 3.05) is 41.1 Å². The van der Waals surface area contributed by atoms with Gasteiger partial charge >= 0.3 is 11.9 Å². The summed E-state index contributed by atoms with van der Waals surface area (Å²) < 4.78 is 10.8. The van der Waals surface area contributed by atoms with E-state index in [4.69, 9.17) is 9.47 Å². The van der Waals surface area contributed by atoms with Crippen LogP contribution in [0.1, 0.15) is 60.3 Å². The maximum atomic E-state index is 12.2. The Morgan fingerprint density at radius 2 is 1.22 bits per heavy atom. The van der Waals surface area contributed by atoms with E-state index in [9.17, 15) is 9.59 Å². The molecule has 0 radical (unpaired) electrons. The summed E-state index contributed by atoms with van der Waals surface area (Å²) in [4.78, 5) is 24.2. The van der Waals surface area contributed by atoms with Crippen molar-refractivity contribution < 1.29 is 19.1 Å². The first-order valence-electron chi connectivity index (χ1n) is 10.2. The van der Waals surface area contributed by atoms with Gasteiger partial charge in [0.25, 0.3) is 0 Å². The lowest BCUT2D eigenvalue weighted by Gasteiger charge is -2.28. The van der Waals surface area contributed by atoms with Crippen molar-refractivity contribution in [3.8, 4) is 0 Å². The molecule has 0 aromatic carbocycles. The Morgan fingerprint density at radius 1 is 0.815 bits per heavy atom. The second-order valence-electron chi connectivity index (χ2n) is 9.64. The molecule has 0 aliphatic carbocycles. The van der Waals surface area contributed by atoms with E-state index in [1.165, 1.54) is 25.7 Å². The van der Waals surface area contributed by atoms with Gasteiger partial charge in [-0.1, -0.05) is 27.7 Å². The first kappa shape index (κ1) is 22.9. The van der Waals surface area contributed by atoms with Gasteiger partial charge in [0.05, 0.1) is 0 Å². The summed E-state index contributed by atoms with van der Waals surface area (Å²) in [6, 6.07) is 0.